The van der Waals surface area contributed by atoms with Crippen LogP contribution >= 0.6 is 0 Å². The van der Waals surface area contributed by atoms with Crippen molar-refractivity contribution < 1.29 is 9.53 Å². The molecule has 1 amide bonds. The van der Waals surface area contributed by atoms with Gasteiger partial charge in [-0.3, -0.25) is 4.79 Å². The highest BCUT2D eigenvalue weighted by molar-refractivity contribution is 5.78. The van der Waals surface area contributed by atoms with E-state index in [1.807, 2.05) is 0 Å². The predicted molar refractivity (Wildman–Crippen MR) is 73.5 cm³/mol. The zero-order valence-corrected chi connectivity index (χ0v) is 12.0. The number of carbonyl (C=O) groups excluding carboxylic acids is 1. The Bertz CT molecular complexity index is 238. The molecule has 0 heterocycles. The third kappa shape index (κ3) is 5.83. The highest BCUT2D eigenvalue weighted by atomic mass is 16.5. The molecule has 0 aliphatic heterocycles. The lowest BCUT2D eigenvalue weighted by molar-refractivity contribution is -0.121. The Labute approximate surface area is 111 Å². The molecule has 1 unspecified atom stereocenters. The number of hydrogen-bond acceptors (Lipinski definition) is 3. The van der Waals surface area contributed by atoms with Crippen molar-refractivity contribution in [2.45, 2.75) is 58.0 Å². The monoisotopic (exact) mass is 256 g/mol. The van der Waals surface area contributed by atoms with Crippen molar-refractivity contribution in [3.8, 4) is 0 Å². The van der Waals surface area contributed by atoms with Gasteiger partial charge < -0.3 is 15.4 Å². The maximum Gasteiger partial charge on any atom is 0.234 e. The quantitative estimate of drug-likeness (QED) is 0.729. The zero-order valence-electron chi connectivity index (χ0n) is 12.0. The molecule has 18 heavy (non-hydrogen) atoms. The molecule has 1 atom stereocenters. The van der Waals surface area contributed by atoms with Crippen LogP contribution in [0.2, 0.25) is 0 Å². The van der Waals surface area contributed by atoms with Crippen LogP contribution in [-0.4, -0.2) is 38.3 Å². The van der Waals surface area contributed by atoms with Gasteiger partial charge in [-0.1, -0.05) is 33.1 Å². The summed E-state index contributed by atoms with van der Waals surface area (Å²) >= 11 is 0. The average Bonchev–Trinajstić information content (AvgIpc) is 2.35. The van der Waals surface area contributed by atoms with Crippen LogP contribution in [-0.2, 0) is 9.53 Å². The molecular formula is C14H28N2O2. The van der Waals surface area contributed by atoms with Crippen LogP contribution in [0.15, 0.2) is 0 Å². The topological polar surface area (TPSA) is 50.4 Å². The van der Waals surface area contributed by atoms with Crippen LogP contribution in [0.3, 0.4) is 0 Å². The van der Waals surface area contributed by atoms with Gasteiger partial charge >= 0.3 is 0 Å². The van der Waals surface area contributed by atoms with Crippen molar-refractivity contribution in [3.05, 3.63) is 0 Å². The van der Waals surface area contributed by atoms with Crippen molar-refractivity contribution in [3.63, 3.8) is 0 Å². The fourth-order valence-electron chi connectivity index (χ4n) is 2.42. The second kappa shape index (κ2) is 8.48. The van der Waals surface area contributed by atoms with Gasteiger partial charge in [-0.2, -0.15) is 0 Å². The molecule has 1 saturated carbocycles. The number of ether oxygens (including phenoxy) is 1. The number of nitrogens with one attached hydrogen (secondary N) is 2. The smallest absolute Gasteiger partial charge is 0.234 e. The summed E-state index contributed by atoms with van der Waals surface area (Å²) < 4.78 is 5.15. The summed E-state index contributed by atoms with van der Waals surface area (Å²) in [5.74, 6) is 0.580. The lowest BCUT2D eigenvalue weighted by atomic mass is 9.95. The zero-order chi connectivity index (χ0) is 13.4. The molecule has 1 aliphatic rings. The maximum absolute atomic E-state index is 11.8. The molecule has 1 aliphatic carbocycles. The molecule has 0 aromatic rings. The van der Waals surface area contributed by atoms with Gasteiger partial charge in [0.05, 0.1) is 13.2 Å². The third-order valence-electron chi connectivity index (χ3n) is 3.65. The van der Waals surface area contributed by atoms with Gasteiger partial charge in [0.15, 0.2) is 0 Å². The first kappa shape index (κ1) is 15.4. The molecule has 2 N–H and O–H groups in total. The van der Waals surface area contributed by atoms with E-state index in [0.717, 1.165) is 12.8 Å². The summed E-state index contributed by atoms with van der Waals surface area (Å²) in [4.78, 5) is 11.8. The third-order valence-corrected chi connectivity index (χ3v) is 3.65. The summed E-state index contributed by atoms with van der Waals surface area (Å²) in [6.07, 6.45) is 6.08. The SMILES string of the molecule is COCC(NCC(=O)NC1CCCCC1)C(C)C. The summed E-state index contributed by atoms with van der Waals surface area (Å²) in [7, 11) is 1.69. The standard InChI is InChI=1S/C14H28N2O2/c1-11(2)13(10-18-3)15-9-14(17)16-12-7-5-4-6-8-12/h11-13,15H,4-10H2,1-3H3,(H,16,17). The van der Waals surface area contributed by atoms with E-state index in [0.29, 0.717) is 25.1 Å². The molecule has 0 saturated heterocycles. The van der Waals surface area contributed by atoms with E-state index in [1.54, 1.807) is 7.11 Å². The minimum Gasteiger partial charge on any atom is -0.383 e. The van der Waals surface area contributed by atoms with Gasteiger partial charge in [0.1, 0.15) is 0 Å². The second-order valence-corrected chi connectivity index (χ2v) is 5.59. The predicted octanol–water partition coefficient (Wildman–Crippen LogP) is 1.70. The molecule has 0 spiro atoms. The van der Waals surface area contributed by atoms with Crippen LogP contribution in [0.4, 0.5) is 0 Å². The Morgan fingerprint density at radius 3 is 2.50 bits per heavy atom. The Morgan fingerprint density at radius 2 is 1.94 bits per heavy atom. The van der Waals surface area contributed by atoms with E-state index in [-0.39, 0.29) is 11.9 Å². The van der Waals surface area contributed by atoms with Crippen LogP contribution in [0.5, 0.6) is 0 Å². The number of hydrogen-bond donors (Lipinski definition) is 2. The minimum absolute atomic E-state index is 0.114. The number of amides is 1. The Kier molecular flexibility index (Phi) is 7.28. The number of methoxy groups -OCH3 is 1. The summed E-state index contributed by atoms with van der Waals surface area (Å²) in [5.41, 5.74) is 0. The van der Waals surface area contributed by atoms with Crippen LogP contribution in [0.25, 0.3) is 0 Å². The van der Waals surface area contributed by atoms with E-state index >= 15 is 0 Å². The van der Waals surface area contributed by atoms with E-state index in [1.165, 1.54) is 19.3 Å². The fraction of sp³-hybridized carbons (Fsp3) is 0.929. The second-order valence-electron chi connectivity index (χ2n) is 5.59. The highest BCUT2D eigenvalue weighted by Crippen LogP contribution is 2.17. The van der Waals surface area contributed by atoms with Crippen molar-refractivity contribution >= 4 is 5.91 Å². The molecule has 0 aromatic carbocycles. The molecule has 1 fully saturated rings. The highest BCUT2D eigenvalue weighted by Gasteiger charge is 2.17. The molecular weight excluding hydrogens is 228 g/mol. The first-order chi connectivity index (χ1) is 8.63. The largest absolute Gasteiger partial charge is 0.383 e. The van der Waals surface area contributed by atoms with Crippen molar-refractivity contribution in [2.24, 2.45) is 5.92 Å². The van der Waals surface area contributed by atoms with E-state index in [9.17, 15) is 4.79 Å². The Hall–Kier alpha value is -0.610. The van der Waals surface area contributed by atoms with Gasteiger partial charge in [0, 0.05) is 19.2 Å². The van der Waals surface area contributed by atoms with Gasteiger partial charge in [-0.05, 0) is 18.8 Å². The van der Waals surface area contributed by atoms with Gasteiger partial charge in [-0.15, -0.1) is 0 Å². The molecule has 0 radical (unpaired) electrons. The normalized spacial score (nSPS) is 18.9. The Balaban J connectivity index is 2.21. The number of carbonyl (C=O) groups is 1. The first-order valence-corrected chi connectivity index (χ1v) is 7.15. The van der Waals surface area contributed by atoms with Crippen LogP contribution < -0.4 is 10.6 Å². The fourth-order valence-corrected chi connectivity index (χ4v) is 2.42. The Morgan fingerprint density at radius 1 is 1.28 bits per heavy atom. The maximum atomic E-state index is 11.8. The van der Waals surface area contributed by atoms with E-state index in [2.05, 4.69) is 24.5 Å². The number of rotatable bonds is 7. The average molecular weight is 256 g/mol. The van der Waals surface area contributed by atoms with E-state index < -0.39 is 0 Å². The van der Waals surface area contributed by atoms with Gasteiger partial charge in [-0.25, -0.2) is 0 Å². The molecule has 0 aromatic heterocycles. The lowest BCUT2D eigenvalue weighted by Crippen LogP contribution is -2.46. The summed E-state index contributed by atoms with van der Waals surface area (Å²) in [5, 5.41) is 6.39. The summed E-state index contributed by atoms with van der Waals surface area (Å²) in [6.45, 7) is 5.31. The van der Waals surface area contributed by atoms with Crippen LogP contribution in [0, 0.1) is 5.92 Å². The molecule has 0 bridgehead atoms. The minimum atomic E-state index is 0.114. The van der Waals surface area contributed by atoms with Crippen molar-refractivity contribution in [1.82, 2.24) is 10.6 Å². The van der Waals surface area contributed by atoms with Gasteiger partial charge in [0.2, 0.25) is 5.91 Å². The van der Waals surface area contributed by atoms with Crippen LogP contribution in [0.1, 0.15) is 46.0 Å². The van der Waals surface area contributed by atoms with Crippen molar-refractivity contribution in [1.29, 1.82) is 0 Å². The first-order valence-electron chi connectivity index (χ1n) is 7.15. The molecule has 4 heteroatoms. The molecule has 1 rings (SSSR count). The lowest BCUT2D eigenvalue weighted by Gasteiger charge is -2.25. The van der Waals surface area contributed by atoms with Crippen molar-refractivity contribution in [2.75, 3.05) is 20.3 Å². The summed E-state index contributed by atoms with van der Waals surface area (Å²) in [6, 6.07) is 0.639. The van der Waals surface area contributed by atoms with Gasteiger partial charge in [0.25, 0.3) is 0 Å². The van der Waals surface area contributed by atoms with E-state index in [4.69, 9.17) is 4.74 Å². The molecule has 4 nitrogen and oxygen atoms in total. The molecule has 106 valence electrons.